The lowest BCUT2D eigenvalue weighted by molar-refractivity contribution is 0.0976. The number of nitrogens with one attached hydrogen (secondary N) is 1. The van der Waals surface area contributed by atoms with Crippen LogP contribution in [0.2, 0.25) is 0 Å². The van der Waals surface area contributed by atoms with Gasteiger partial charge in [0.05, 0.1) is 16.8 Å². The zero-order valence-corrected chi connectivity index (χ0v) is 14.9. The number of nitriles is 2. The highest BCUT2D eigenvalue weighted by Gasteiger charge is 2.38. The van der Waals surface area contributed by atoms with Gasteiger partial charge < -0.3 is 20.1 Å². The molecular formula is C18H8N3O7S-. The predicted molar refractivity (Wildman–Crippen MR) is 94.0 cm³/mol. The summed E-state index contributed by atoms with van der Waals surface area (Å²) < 4.78 is 34.7. The van der Waals surface area contributed by atoms with Crippen LogP contribution in [-0.2, 0) is 10.1 Å². The Labute approximate surface area is 163 Å². The van der Waals surface area contributed by atoms with Crippen molar-refractivity contribution in [3.05, 3.63) is 58.3 Å². The van der Waals surface area contributed by atoms with E-state index in [9.17, 15) is 32.8 Å². The van der Waals surface area contributed by atoms with Gasteiger partial charge in [-0.05, 0) is 0 Å². The summed E-state index contributed by atoms with van der Waals surface area (Å²) in [6, 6.07) is 8.45. The van der Waals surface area contributed by atoms with Gasteiger partial charge in [0.25, 0.3) is 0 Å². The van der Waals surface area contributed by atoms with Crippen LogP contribution >= 0.6 is 0 Å². The number of carbonyl (C=O) groups is 2. The topological polar surface area (TPSA) is 191 Å². The van der Waals surface area contributed by atoms with E-state index >= 15 is 0 Å². The Bertz CT molecular complexity index is 1310. The minimum absolute atomic E-state index is 0.0886. The van der Waals surface area contributed by atoms with E-state index in [1.807, 2.05) is 0 Å². The smallest absolute Gasteiger partial charge is 0.198 e. The number of hydrogen-bond acceptors (Lipinski definition) is 10. The number of hydrogen-bond donors (Lipinski definition) is 3. The van der Waals surface area contributed by atoms with Crippen LogP contribution in [0.4, 0.5) is 5.69 Å². The molecule has 0 aromatic heterocycles. The Hall–Kier alpha value is -4.19. The number of benzene rings is 2. The third-order valence-corrected chi connectivity index (χ3v) is 5.01. The summed E-state index contributed by atoms with van der Waals surface area (Å²) in [5, 5.41) is 40.5. The first-order chi connectivity index (χ1) is 13.6. The molecule has 2 aromatic carbocycles. The predicted octanol–water partition coefficient (Wildman–Crippen LogP) is 1.12. The number of allylic oxidation sites excluding steroid dienone is 1. The summed E-state index contributed by atoms with van der Waals surface area (Å²) in [6.07, 6.45) is 0.742. The maximum atomic E-state index is 12.9. The van der Waals surface area contributed by atoms with Crippen molar-refractivity contribution in [1.29, 1.82) is 10.5 Å². The number of fused-ring (bicyclic) bond motifs is 2. The average Bonchev–Trinajstić information content (AvgIpc) is 2.67. The second-order valence-corrected chi connectivity index (χ2v) is 7.05. The number of aromatic hydroxyl groups is 2. The van der Waals surface area contributed by atoms with Crippen molar-refractivity contribution < 1.29 is 32.8 Å². The second-order valence-electron chi connectivity index (χ2n) is 5.74. The van der Waals surface area contributed by atoms with Crippen molar-refractivity contribution >= 4 is 27.4 Å². The van der Waals surface area contributed by atoms with Crippen molar-refractivity contribution in [3.8, 4) is 23.6 Å². The van der Waals surface area contributed by atoms with Gasteiger partial charge in [-0.25, -0.2) is 8.42 Å². The van der Waals surface area contributed by atoms with Crippen LogP contribution in [0.15, 0.2) is 40.9 Å². The summed E-state index contributed by atoms with van der Waals surface area (Å²) in [6.45, 7) is 0. The molecule has 0 spiro atoms. The van der Waals surface area contributed by atoms with Crippen LogP contribution in [0.3, 0.4) is 0 Å². The van der Waals surface area contributed by atoms with Gasteiger partial charge in [0.1, 0.15) is 38.5 Å². The fourth-order valence-electron chi connectivity index (χ4n) is 2.91. The summed E-state index contributed by atoms with van der Waals surface area (Å²) in [4.78, 5) is 24.2. The minimum atomic E-state index is -5.49. The van der Waals surface area contributed by atoms with E-state index in [-0.39, 0.29) is 11.1 Å². The maximum Gasteiger partial charge on any atom is 0.198 e. The van der Waals surface area contributed by atoms with Crippen molar-refractivity contribution in [3.63, 3.8) is 0 Å². The van der Waals surface area contributed by atoms with Gasteiger partial charge in [0.15, 0.2) is 17.3 Å². The first-order valence-corrected chi connectivity index (χ1v) is 9.07. The Kier molecular flexibility index (Phi) is 4.56. The van der Waals surface area contributed by atoms with Crippen LogP contribution in [0.25, 0.3) is 0 Å². The molecule has 0 saturated carbocycles. The minimum Gasteiger partial charge on any atom is -0.744 e. The zero-order chi connectivity index (χ0) is 21.5. The number of carbonyl (C=O) groups excluding carboxylic acids is 2. The molecule has 2 aromatic rings. The van der Waals surface area contributed by atoms with Crippen LogP contribution in [0, 0.1) is 22.7 Å². The molecule has 10 nitrogen and oxygen atoms in total. The molecule has 1 aliphatic carbocycles. The highest BCUT2D eigenvalue weighted by Crippen LogP contribution is 2.47. The Morgan fingerprint density at radius 3 is 2.00 bits per heavy atom. The van der Waals surface area contributed by atoms with Crippen molar-refractivity contribution in [2.75, 3.05) is 5.32 Å². The van der Waals surface area contributed by atoms with Gasteiger partial charge in [-0.3, -0.25) is 9.59 Å². The number of phenols is 2. The molecule has 29 heavy (non-hydrogen) atoms. The molecule has 0 saturated heterocycles. The molecule has 0 aliphatic heterocycles. The molecule has 3 N–H and O–H groups in total. The first kappa shape index (κ1) is 19.6. The molecule has 11 heteroatoms. The second kappa shape index (κ2) is 6.76. The molecule has 1 aliphatic rings. The summed E-state index contributed by atoms with van der Waals surface area (Å²) in [7, 11) is -5.49. The van der Waals surface area contributed by atoms with Crippen LogP contribution in [0.5, 0.6) is 11.5 Å². The van der Waals surface area contributed by atoms with Gasteiger partial charge in [-0.15, -0.1) is 0 Å². The third-order valence-electron chi connectivity index (χ3n) is 4.13. The number of phenolic OH excluding ortho intramolecular Hbond substituents is 2. The number of ketones is 2. The number of anilines is 1. The van der Waals surface area contributed by atoms with Gasteiger partial charge in [0, 0.05) is 17.3 Å². The molecule has 0 bridgehead atoms. The van der Waals surface area contributed by atoms with Crippen molar-refractivity contribution in [2.24, 2.45) is 0 Å². The lowest BCUT2D eigenvalue weighted by Crippen LogP contribution is -2.23. The quantitative estimate of drug-likeness (QED) is 0.244. The highest BCUT2D eigenvalue weighted by molar-refractivity contribution is 7.86. The van der Waals surface area contributed by atoms with Gasteiger partial charge in [-0.2, -0.15) is 10.5 Å². The molecular weight excluding hydrogens is 402 g/mol. The molecule has 0 atom stereocenters. The third kappa shape index (κ3) is 2.96. The SMILES string of the molecule is N#CC(C#N)=CNc1c(O)c(S(=O)(=O)[O-])c(O)c2c1C(=O)c1ccccc1C2=O. The molecule has 3 rings (SSSR count). The lowest BCUT2D eigenvalue weighted by atomic mass is 9.82. The Morgan fingerprint density at radius 1 is 1.00 bits per heavy atom. The van der Waals surface area contributed by atoms with Crippen LogP contribution in [0.1, 0.15) is 31.8 Å². The van der Waals surface area contributed by atoms with Crippen LogP contribution in [-0.4, -0.2) is 34.8 Å². The molecule has 144 valence electrons. The fourth-order valence-corrected chi connectivity index (χ4v) is 3.59. The first-order valence-electron chi connectivity index (χ1n) is 7.66. The number of nitrogens with zero attached hydrogens (tertiary/aromatic N) is 2. The van der Waals surface area contributed by atoms with E-state index in [4.69, 9.17) is 10.5 Å². The fraction of sp³-hybridized carbons (Fsp3) is 0. The van der Waals surface area contributed by atoms with Gasteiger partial charge >= 0.3 is 0 Å². The summed E-state index contributed by atoms with van der Waals surface area (Å²) in [5.41, 5.74) is -2.88. The molecule has 0 fully saturated rings. The summed E-state index contributed by atoms with van der Waals surface area (Å²) in [5.74, 6) is -4.51. The lowest BCUT2D eigenvalue weighted by Gasteiger charge is -2.24. The van der Waals surface area contributed by atoms with Crippen LogP contribution < -0.4 is 5.32 Å². The van der Waals surface area contributed by atoms with Gasteiger partial charge in [0.2, 0.25) is 0 Å². The Morgan fingerprint density at radius 2 is 1.52 bits per heavy atom. The molecule has 0 amide bonds. The molecule has 0 heterocycles. The largest absolute Gasteiger partial charge is 0.744 e. The van der Waals surface area contributed by atoms with Crippen molar-refractivity contribution in [1.82, 2.24) is 0 Å². The Balaban J connectivity index is 2.45. The summed E-state index contributed by atoms with van der Waals surface area (Å²) >= 11 is 0. The highest BCUT2D eigenvalue weighted by atomic mass is 32.2. The van der Waals surface area contributed by atoms with E-state index in [0.29, 0.717) is 0 Å². The molecule has 0 radical (unpaired) electrons. The van der Waals surface area contributed by atoms with E-state index in [1.165, 1.54) is 36.4 Å². The van der Waals surface area contributed by atoms with E-state index < -0.39 is 60.5 Å². The van der Waals surface area contributed by atoms with E-state index in [0.717, 1.165) is 6.20 Å². The average molecular weight is 410 g/mol. The van der Waals surface area contributed by atoms with E-state index in [2.05, 4.69) is 5.32 Å². The van der Waals surface area contributed by atoms with Gasteiger partial charge in [-0.1, -0.05) is 24.3 Å². The number of rotatable bonds is 3. The van der Waals surface area contributed by atoms with Crippen molar-refractivity contribution in [2.45, 2.75) is 4.90 Å². The van der Waals surface area contributed by atoms with E-state index in [1.54, 1.807) is 0 Å². The monoisotopic (exact) mass is 410 g/mol. The maximum absolute atomic E-state index is 12.9. The standard InChI is InChI=1S/C18H9N3O7S/c19-5-8(6-20)7-21-13-11-12(16(24)18(17(13)25)29(26,27)28)15(23)10-4-2-1-3-9(10)14(11)22/h1-4,7,21,24-25H,(H,26,27,28)/p-1. The normalized spacial score (nSPS) is 12.2. The molecule has 0 unspecified atom stereocenters. The zero-order valence-electron chi connectivity index (χ0n) is 14.1.